The summed E-state index contributed by atoms with van der Waals surface area (Å²) in [5.41, 5.74) is 2.49. The molecule has 3 rings (SSSR count). The van der Waals surface area contributed by atoms with Crippen LogP contribution in [0.15, 0.2) is 51.7 Å². The number of carbonyl (C=O) groups is 1. The van der Waals surface area contributed by atoms with Crippen LogP contribution in [0.2, 0.25) is 5.02 Å². The van der Waals surface area contributed by atoms with E-state index in [0.717, 1.165) is 11.1 Å². The molecule has 2 heterocycles. The standard InChI is InChI=1S/C15H10ClINOS/c16-12-3-1-11(2-4-12)14(19)13(15-17-9-20-15)10-5-7-18-8-6-10/h1-8H,9H2/q-1/b15-13+. The molecule has 0 atom stereocenters. The van der Waals surface area contributed by atoms with Crippen LogP contribution in [-0.4, -0.2) is 14.5 Å². The number of benzene rings is 1. The Bertz CT molecular complexity index is 664. The van der Waals surface area contributed by atoms with Gasteiger partial charge in [-0.05, 0) is 0 Å². The molecule has 0 spiro atoms. The van der Waals surface area contributed by atoms with Crippen molar-refractivity contribution >= 4 is 34.7 Å². The number of thioether (sulfide) groups is 1. The normalized spacial score (nSPS) is 16.9. The van der Waals surface area contributed by atoms with Crippen LogP contribution in [0.4, 0.5) is 0 Å². The molecule has 2 aromatic rings. The molecule has 0 radical (unpaired) electrons. The predicted octanol–water partition coefficient (Wildman–Crippen LogP) is 1.08. The van der Waals surface area contributed by atoms with E-state index in [1.165, 1.54) is 6.67 Å². The predicted molar refractivity (Wildman–Crippen MR) is 79.4 cm³/mol. The first kappa shape index (κ1) is 14.1. The van der Waals surface area contributed by atoms with E-state index < -0.39 is 0 Å². The van der Waals surface area contributed by atoms with Gasteiger partial charge >= 0.3 is 137 Å². The zero-order valence-electron chi connectivity index (χ0n) is 10.3. The number of ketones is 1. The monoisotopic (exact) mass is 414 g/mol. The summed E-state index contributed by atoms with van der Waals surface area (Å²) in [6.07, 6.45) is 3.46. The van der Waals surface area contributed by atoms with Gasteiger partial charge < -0.3 is 0 Å². The number of alkyl halides is 1. The third kappa shape index (κ3) is 2.92. The molecular weight excluding hydrogens is 405 g/mol. The minimum absolute atomic E-state index is 0.00255. The zero-order valence-corrected chi connectivity index (χ0v) is 14.1. The van der Waals surface area contributed by atoms with Gasteiger partial charge in [0.25, 0.3) is 0 Å². The van der Waals surface area contributed by atoms with Gasteiger partial charge in [-0.15, -0.1) is 0 Å². The number of Topliss-reactive ketones (excluding diaryl/α,β-unsaturated/α-hetero) is 1. The van der Waals surface area contributed by atoms with E-state index >= 15 is 0 Å². The first-order chi connectivity index (χ1) is 9.75. The zero-order chi connectivity index (χ0) is 13.9. The van der Waals surface area contributed by atoms with Crippen molar-refractivity contribution in [2.45, 2.75) is 0 Å². The number of rotatable bonds is 3. The molecule has 1 aromatic carbocycles. The van der Waals surface area contributed by atoms with E-state index in [1.54, 1.807) is 48.4 Å². The summed E-state index contributed by atoms with van der Waals surface area (Å²) in [4.78, 5) is 16.8. The number of allylic oxidation sites excluding steroid dienone is 1. The quantitative estimate of drug-likeness (QED) is 0.326. The molecule has 0 amide bonds. The van der Waals surface area contributed by atoms with Crippen LogP contribution in [0.3, 0.4) is 0 Å². The maximum atomic E-state index is 12.8. The number of carbonyl (C=O) groups excluding carboxylic acids is 1. The van der Waals surface area contributed by atoms with Gasteiger partial charge in [0.05, 0.1) is 0 Å². The molecule has 1 aromatic heterocycles. The molecule has 0 aliphatic carbocycles. The van der Waals surface area contributed by atoms with Gasteiger partial charge in [0, 0.05) is 0 Å². The average molecular weight is 415 g/mol. The fourth-order valence-electron chi connectivity index (χ4n) is 1.85. The molecule has 1 fully saturated rings. The summed E-state index contributed by atoms with van der Waals surface area (Å²) in [7, 11) is 0. The van der Waals surface area contributed by atoms with Gasteiger partial charge in [-0.25, -0.2) is 0 Å². The number of pyridine rings is 1. The molecule has 1 aliphatic rings. The van der Waals surface area contributed by atoms with Gasteiger partial charge in [0.1, 0.15) is 0 Å². The van der Waals surface area contributed by atoms with Crippen LogP contribution in [0, 0.1) is 0 Å². The van der Waals surface area contributed by atoms with E-state index in [0.29, 0.717) is 10.6 Å². The summed E-state index contributed by atoms with van der Waals surface area (Å²) in [5, 5.41) is 0.644. The van der Waals surface area contributed by atoms with Crippen molar-refractivity contribution in [2.24, 2.45) is 0 Å². The molecule has 1 saturated heterocycles. The summed E-state index contributed by atoms with van der Waals surface area (Å²) in [5.74, 6) is 0.0785. The fraction of sp³-hybridized carbons (Fsp3) is 0.0667. The van der Waals surface area contributed by atoms with Gasteiger partial charge in [0.15, 0.2) is 0 Å². The number of nitrogens with zero attached hydrogens (tertiary/aromatic N) is 1. The Morgan fingerprint density at radius 2 is 1.75 bits per heavy atom. The van der Waals surface area contributed by atoms with Crippen LogP contribution in [0.5, 0.6) is 0 Å². The van der Waals surface area contributed by atoms with Crippen LogP contribution in [0.25, 0.3) is 5.57 Å². The summed E-state index contributed by atoms with van der Waals surface area (Å²) < 4.78 is 2.46. The fourth-order valence-corrected chi connectivity index (χ4v) is 5.35. The second-order valence-electron chi connectivity index (χ2n) is 4.11. The Balaban J connectivity index is 2.03. The van der Waals surface area contributed by atoms with Crippen molar-refractivity contribution in [3.8, 4) is 0 Å². The first-order valence-electron chi connectivity index (χ1n) is 5.92. The van der Waals surface area contributed by atoms with Crippen molar-refractivity contribution in [3.63, 3.8) is 0 Å². The van der Waals surface area contributed by atoms with Crippen molar-refractivity contribution < 1.29 is 26.0 Å². The van der Waals surface area contributed by atoms with Crippen molar-refractivity contribution in [1.82, 2.24) is 4.98 Å². The number of halogens is 2. The Labute approximate surface area is 136 Å². The van der Waals surface area contributed by atoms with E-state index in [4.69, 9.17) is 11.6 Å². The molecule has 102 valence electrons. The van der Waals surface area contributed by atoms with Crippen molar-refractivity contribution in [3.05, 3.63) is 67.9 Å². The Morgan fingerprint density at radius 1 is 1.10 bits per heavy atom. The molecule has 20 heavy (non-hydrogen) atoms. The van der Waals surface area contributed by atoms with Crippen molar-refractivity contribution in [2.75, 3.05) is 3.76 Å². The molecule has 1 aliphatic heterocycles. The van der Waals surface area contributed by atoms with Gasteiger partial charge in [-0.3, -0.25) is 0 Å². The summed E-state index contributed by atoms with van der Waals surface area (Å²) >= 11 is 7.68. The number of hydrogen-bond acceptors (Lipinski definition) is 3. The third-order valence-corrected chi connectivity index (χ3v) is 8.55. The van der Waals surface area contributed by atoms with Crippen LogP contribution in [0.1, 0.15) is 15.9 Å². The molecule has 0 saturated carbocycles. The maximum absolute atomic E-state index is 12.8. The van der Waals surface area contributed by atoms with Crippen LogP contribution >= 0.6 is 23.4 Å². The average Bonchev–Trinajstić information content (AvgIpc) is 2.44. The molecule has 5 heteroatoms. The molecular formula is C15H10ClINOS-. The Morgan fingerprint density at radius 3 is 2.30 bits per heavy atom. The van der Waals surface area contributed by atoms with E-state index in [2.05, 4.69) is 4.98 Å². The second-order valence-corrected chi connectivity index (χ2v) is 9.90. The Hall–Kier alpha value is -0.850. The number of aromatic nitrogens is 1. The van der Waals surface area contributed by atoms with Crippen LogP contribution in [-0.2, 0) is 0 Å². The molecule has 0 bridgehead atoms. The van der Waals surface area contributed by atoms with Crippen LogP contribution < -0.4 is 21.2 Å². The first-order valence-corrected chi connectivity index (χ1v) is 9.89. The molecule has 2 nitrogen and oxygen atoms in total. The van der Waals surface area contributed by atoms with Gasteiger partial charge in [-0.1, -0.05) is 0 Å². The minimum atomic E-state index is 0.00255. The summed E-state index contributed by atoms with van der Waals surface area (Å²) in [6.45, 7) is 0. The molecule has 0 unspecified atom stereocenters. The molecule has 0 N–H and O–H groups in total. The third-order valence-electron chi connectivity index (χ3n) is 2.86. The topological polar surface area (TPSA) is 30.0 Å². The second kappa shape index (κ2) is 6.28. The van der Waals surface area contributed by atoms with Crippen molar-refractivity contribution in [1.29, 1.82) is 0 Å². The Kier molecular flexibility index (Phi) is 4.43. The van der Waals surface area contributed by atoms with Gasteiger partial charge in [-0.2, -0.15) is 0 Å². The van der Waals surface area contributed by atoms with E-state index in [9.17, 15) is 4.79 Å². The van der Waals surface area contributed by atoms with E-state index in [-0.39, 0.29) is 27.0 Å². The SMILES string of the molecule is O=C(/C(=C1/SC[I-]1)c1ccncc1)c1ccc(Cl)cc1. The summed E-state index contributed by atoms with van der Waals surface area (Å²) in [6, 6.07) is 10.9. The number of hydrogen-bond donors (Lipinski definition) is 0. The van der Waals surface area contributed by atoms with Gasteiger partial charge in [0.2, 0.25) is 0 Å². The van der Waals surface area contributed by atoms with E-state index in [1.807, 2.05) is 12.1 Å².